The molecule has 17 heavy (non-hydrogen) atoms. The first-order valence-electron chi connectivity index (χ1n) is 5.95. The Kier molecular flexibility index (Phi) is 2.94. The second-order valence-electron chi connectivity index (χ2n) is 4.57. The van der Waals surface area contributed by atoms with Gasteiger partial charge in [0.25, 0.3) is 5.91 Å². The quantitative estimate of drug-likeness (QED) is 0.808. The van der Waals surface area contributed by atoms with Gasteiger partial charge in [-0.1, -0.05) is 6.07 Å². The summed E-state index contributed by atoms with van der Waals surface area (Å²) in [5.74, 6) is 0.493. The first-order chi connectivity index (χ1) is 8.33. The third-order valence-electron chi connectivity index (χ3n) is 3.49. The van der Waals surface area contributed by atoms with Gasteiger partial charge in [0.15, 0.2) is 0 Å². The predicted molar refractivity (Wildman–Crippen MR) is 68.4 cm³/mol. The molecule has 0 atom stereocenters. The molecule has 2 bridgehead atoms. The summed E-state index contributed by atoms with van der Waals surface area (Å²) in [7, 11) is 0. The number of hydrogen-bond acceptors (Lipinski definition) is 4. The fourth-order valence-electron chi connectivity index (χ4n) is 2.49. The second kappa shape index (κ2) is 4.58. The van der Waals surface area contributed by atoms with Crippen LogP contribution in [-0.4, -0.2) is 36.2 Å². The third kappa shape index (κ3) is 2.25. The molecule has 1 N–H and O–H groups in total. The van der Waals surface area contributed by atoms with Crippen LogP contribution in [0.15, 0.2) is 22.6 Å². The second-order valence-corrected chi connectivity index (χ2v) is 5.52. The van der Waals surface area contributed by atoms with E-state index >= 15 is 0 Å². The van der Waals surface area contributed by atoms with Crippen molar-refractivity contribution in [1.82, 2.24) is 10.3 Å². The number of nitrogens with one attached hydrogen (secondary N) is 1. The number of thiophene rings is 1. The summed E-state index contributed by atoms with van der Waals surface area (Å²) >= 11 is 1.44. The number of rotatable bonds is 2. The summed E-state index contributed by atoms with van der Waals surface area (Å²) in [6.07, 6.45) is 2.38. The van der Waals surface area contributed by atoms with Crippen LogP contribution in [-0.2, 0) is 0 Å². The number of amides is 1. The molecule has 0 unspecified atom stereocenters. The number of piperidine rings is 3. The van der Waals surface area contributed by atoms with Gasteiger partial charge in [0.05, 0.1) is 10.6 Å². The van der Waals surface area contributed by atoms with Crippen molar-refractivity contribution in [2.45, 2.75) is 12.8 Å². The zero-order valence-corrected chi connectivity index (χ0v) is 10.4. The van der Waals surface area contributed by atoms with Crippen LogP contribution in [0.4, 0.5) is 0 Å². The van der Waals surface area contributed by atoms with Gasteiger partial charge in [0.1, 0.15) is 0 Å². The van der Waals surface area contributed by atoms with Gasteiger partial charge < -0.3 is 0 Å². The van der Waals surface area contributed by atoms with E-state index in [-0.39, 0.29) is 5.91 Å². The highest BCUT2D eigenvalue weighted by atomic mass is 32.1. The molecule has 0 aromatic carbocycles. The van der Waals surface area contributed by atoms with E-state index in [0.717, 1.165) is 17.1 Å². The minimum atomic E-state index is -0.0936. The van der Waals surface area contributed by atoms with Crippen molar-refractivity contribution in [2.24, 2.45) is 11.0 Å². The highest BCUT2D eigenvalue weighted by Gasteiger charge is 2.30. The molecule has 0 saturated carbocycles. The fourth-order valence-corrected chi connectivity index (χ4v) is 3.11. The van der Waals surface area contributed by atoms with Gasteiger partial charge in [-0.3, -0.25) is 9.69 Å². The van der Waals surface area contributed by atoms with Crippen LogP contribution in [0.5, 0.6) is 0 Å². The first kappa shape index (κ1) is 10.9. The fraction of sp³-hybridized carbons (Fsp3) is 0.500. The maximum atomic E-state index is 11.7. The molecule has 3 fully saturated rings. The lowest BCUT2D eigenvalue weighted by Gasteiger charge is -2.39. The average Bonchev–Trinajstić information content (AvgIpc) is 2.91. The van der Waals surface area contributed by atoms with Crippen LogP contribution in [0, 0.1) is 5.92 Å². The van der Waals surface area contributed by atoms with Gasteiger partial charge >= 0.3 is 0 Å². The smallest absolute Gasteiger partial charge is 0.281 e. The van der Waals surface area contributed by atoms with Gasteiger partial charge in [0, 0.05) is 12.5 Å². The summed E-state index contributed by atoms with van der Waals surface area (Å²) in [5, 5.41) is 6.20. The van der Waals surface area contributed by atoms with E-state index in [1.54, 1.807) is 0 Å². The molecule has 5 heteroatoms. The number of nitrogens with zero attached hydrogens (tertiary/aromatic N) is 2. The van der Waals surface area contributed by atoms with Crippen LogP contribution < -0.4 is 5.43 Å². The maximum absolute atomic E-state index is 11.7. The lowest BCUT2D eigenvalue weighted by molar-refractivity contribution is 0.0957. The van der Waals surface area contributed by atoms with Crippen LogP contribution >= 0.6 is 11.3 Å². The molecule has 3 aliphatic rings. The van der Waals surface area contributed by atoms with Crippen LogP contribution in [0.3, 0.4) is 0 Å². The van der Waals surface area contributed by atoms with Gasteiger partial charge in [-0.05, 0) is 37.4 Å². The third-order valence-corrected chi connectivity index (χ3v) is 4.36. The molecular formula is C12H15N3OS. The van der Waals surface area contributed by atoms with Gasteiger partial charge in [-0.25, -0.2) is 5.43 Å². The Hall–Kier alpha value is -1.20. The van der Waals surface area contributed by atoms with Crippen molar-refractivity contribution >= 4 is 23.0 Å². The van der Waals surface area contributed by atoms with E-state index in [4.69, 9.17) is 0 Å². The Labute approximate surface area is 104 Å². The number of carbonyl (C=O) groups is 1. The topological polar surface area (TPSA) is 44.7 Å². The molecule has 1 aromatic rings. The molecule has 0 spiro atoms. The van der Waals surface area contributed by atoms with Crippen molar-refractivity contribution in [1.29, 1.82) is 0 Å². The van der Waals surface area contributed by atoms with Gasteiger partial charge in [0.2, 0.25) is 0 Å². The number of carbonyl (C=O) groups excluding carboxylic acids is 1. The Morgan fingerprint density at radius 2 is 2.29 bits per heavy atom. The molecule has 1 amide bonds. The first-order valence-corrected chi connectivity index (χ1v) is 6.83. The van der Waals surface area contributed by atoms with Crippen molar-refractivity contribution in [3.05, 3.63) is 22.4 Å². The number of hydrazone groups is 1. The molecule has 3 aliphatic heterocycles. The Bertz CT molecular complexity index is 433. The zero-order valence-electron chi connectivity index (χ0n) is 9.56. The lowest BCUT2D eigenvalue weighted by Crippen LogP contribution is -2.48. The number of fused-ring (bicyclic) bond motifs is 3. The molecule has 90 valence electrons. The highest BCUT2D eigenvalue weighted by molar-refractivity contribution is 7.12. The Morgan fingerprint density at radius 3 is 2.88 bits per heavy atom. The normalized spacial score (nSPS) is 29.5. The van der Waals surface area contributed by atoms with E-state index in [0.29, 0.717) is 5.92 Å². The van der Waals surface area contributed by atoms with Crippen LogP contribution in [0.1, 0.15) is 22.5 Å². The van der Waals surface area contributed by atoms with E-state index in [1.807, 2.05) is 17.5 Å². The van der Waals surface area contributed by atoms with Crippen molar-refractivity contribution in [3.63, 3.8) is 0 Å². The molecule has 4 rings (SSSR count). The van der Waals surface area contributed by atoms with Crippen molar-refractivity contribution in [2.75, 3.05) is 19.6 Å². The van der Waals surface area contributed by atoms with Crippen molar-refractivity contribution < 1.29 is 4.79 Å². The largest absolute Gasteiger partial charge is 0.298 e. The zero-order chi connectivity index (χ0) is 11.7. The SMILES string of the molecule is O=C(NN=C1CN2CCC1CC2)c1cccs1. The highest BCUT2D eigenvalue weighted by Crippen LogP contribution is 2.25. The van der Waals surface area contributed by atoms with Gasteiger partial charge in [-0.2, -0.15) is 5.10 Å². The minimum absolute atomic E-state index is 0.0936. The molecule has 0 radical (unpaired) electrons. The molecule has 0 aliphatic carbocycles. The van der Waals surface area contributed by atoms with Gasteiger partial charge in [-0.15, -0.1) is 11.3 Å². The molecular weight excluding hydrogens is 234 g/mol. The number of hydrogen-bond donors (Lipinski definition) is 1. The standard InChI is InChI=1S/C12H15N3OS/c16-12(11-2-1-7-17-11)14-13-10-8-15-5-3-9(10)4-6-15/h1-2,7,9H,3-6,8H2,(H,14,16). The van der Waals surface area contributed by atoms with E-state index in [9.17, 15) is 4.79 Å². The summed E-state index contributed by atoms with van der Waals surface area (Å²) in [4.78, 5) is 14.9. The molecule has 4 heterocycles. The summed E-state index contributed by atoms with van der Waals surface area (Å²) < 4.78 is 0. The predicted octanol–water partition coefficient (Wildman–Crippen LogP) is 1.56. The summed E-state index contributed by atoms with van der Waals surface area (Å²) in [6.45, 7) is 3.29. The maximum Gasteiger partial charge on any atom is 0.281 e. The minimum Gasteiger partial charge on any atom is -0.298 e. The van der Waals surface area contributed by atoms with E-state index in [2.05, 4.69) is 15.4 Å². The summed E-state index contributed by atoms with van der Waals surface area (Å²) in [5.41, 5.74) is 3.82. The van der Waals surface area contributed by atoms with Crippen LogP contribution in [0.25, 0.3) is 0 Å². The van der Waals surface area contributed by atoms with Crippen LogP contribution in [0.2, 0.25) is 0 Å². The van der Waals surface area contributed by atoms with E-state index in [1.165, 1.54) is 37.3 Å². The molecule has 1 aromatic heterocycles. The average molecular weight is 249 g/mol. The monoisotopic (exact) mass is 249 g/mol. The molecule has 3 saturated heterocycles. The molecule has 4 nitrogen and oxygen atoms in total. The van der Waals surface area contributed by atoms with Crippen molar-refractivity contribution in [3.8, 4) is 0 Å². The Morgan fingerprint density at radius 1 is 1.47 bits per heavy atom. The Balaban J connectivity index is 1.65. The lowest BCUT2D eigenvalue weighted by atomic mass is 9.87. The summed E-state index contributed by atoms with van der Waals surface area (Å²) in [6, 6.07) is 3.69. The van der Waals surface area contributed by atoms with E-state index < -0.39 is 0 Å².